The van der Waals surface area contributed by atoms with Crippen LogP contribution in [0.1, 0.15) is 28.3 Å². The van der Waals surface area contributed by atoms with Gasteiger partial charge < -0.3 is 5.32 Å². The van der Waals surface area contributed by atoms with Crippen LogP contribution in [-0.2, 0) is 0 Å². The van der Waals surface area contributed by atoms with E-state index in [9.17, 15) is 0 Å². The molecule has 0 saturated heterocycles. The fourth-order valence-electron chi connectivity index (χ4n) is 2.83. The Kier molecular flexibility index (Phi) is 3.69. The summed E-state index contributed by atoms with van der Waals surface area (Å²) < 4.78 is 2.85. The SMILES string of the molecule is Cc1ccc(C2=CC(c3ccc(Br)cc3)n3nnnc3N2)cc1C. The van der Waals surface area contributed by atoms with Gasteiger partial charge in [-0.1, -0.05) is 45.3 Å². The molecule has 2 heterocycles. The van der Waals surface area contributed by atoms with Crippen LogP contribution < -0.4 is 5.32 Å². The van der Waals surface area contributed by atoms with Crippen LogP contribution in [0.3, 0.4) is 0 Å². The predicted octanol–water partition coefficient (Wildman–Crippen LogP) is 4.11. The number of rotatable bonds is 2. The first-order valence-electron chi connectivity index (χ1n) is 7.71. The number of halogens is 1. The summed E-state index contributed by atoms with van der Waals surface area (Å²) in [7, 11) is 0. The van der Waals surface area contributed by atoms with Gasteiger partial charge in [-0.25, -0.2) is 0 Å². The number of aryl methyl sites for hydroxylation is 2. The summed E-state index contributed by atoms with van der Waals surface area (Å²) in [5, 5.41) is 15.4. The molecule has 0 saturated carbocycles. The fourth-order valence-corrected chi connectivity index (χ4v) is 3.09. The predicted molar refractivity (Wildman–Crippen MR) is 97.6 cm³/mol. The van der Waals surface area contributed by atoms with Gasteiger partial charge in [0, 0.05) is 10.2 Å². The molecule has 6 heteroatoms. The van der Waals surface area contributed by atoms with E-state index in [2.05, 4.69) is 87.0 Å². The molecule has 1 aliphatic rings. The van der Waals surface area contributed by atoms with Gasteiger partial charge in [0.1, 0.15) is 6.04 Å². The lowest BCUT2D eigenvalue weighted by Gasteiger charge is -2.23. The van der Waals surface area contributed by atoms with Crippen molar-refractivity contribution in [3.8, 4) is 0 Å². The molecule has 1 atom stereocenters. The molecule has 0 radical (unpaired) electrons. The molecule has 3 aromatic rings. The topological polar surface area (TPSA) is 55.6 Å². The molecule has 0 spiro atoms. The Hall–Kier alpha value is -2.47. The Morgan fingerprint density at radius 2 is 1.83 bits per heavy atom. The number of nitrogens with one attached hydrogen (secondary N) is 1. The van der Waals surface area contributed by atoms with Gasteiger partial charge in [0.15, 0.2) is 0 Å². The van der Waals surface area contributed by atoms with Crippen LogP contribution in [-0.4, -0.2) is 20.2 Å². The Morgan fingerprint density at radius 3 is 2.58 bits per heavy atom. The molecule has 2 aromatic carbocycles. The molecule has 0 fully saturated rings. The highest BCUT2D eigenvalue weighted by molar-refractivity contribution is 9.10. The molecule has 1 N–H and O–H groups in total. The van der Waals surface area contributed by atoms with E-state index in [-0.39, 0.29) is 6.04 Å². The third-order valence-corrected chi connectivity index (χ3v) is 4.89. The normalized spacial score (nSPS) is 16.3. The largest absolute Gasteiger partial charge is 0.323 e. The van der Waals surface area contributed by atoms with Crippen molar-refractivity contribution in [3.05, 3.63) is 75.3 Å². The first kappa shape index (κ1) is 15.1. The average molecular weight is 382 g/mol. The van der Waals surface area contributed by atoms with Crippen LogP contribution in [0.4, 0.5) is 5.95 Å². The maximum Gasteiger partial charge on any atom is 0.248 e. The lowest BCUT2D eigenvalue weighted by Crippen LogP contribution is -2.20. The number of benzene rings is 2. The minimum Gasteiger partial charge on any atom is -0.323 e. The zero-order valence-electron chi connectivity index (χ0n) is 13.4. The average Bonchev–Trinajstić information content (AvgIpc) is 3.06. The first-order chi connectivity index (χ1) is 11.6. The van der Waals surface area contributed by atoms with Crippen molar-refractivity contribution in [2.24, 2.45) is 0 Å². The minimum atomic E-state index is -0.0408. The highest BCUT2D eigenvalue weighted by atomic mass is 79.9. The summed E-state index contributed by atoms with van der Waals surface area (Å²) in [5.41, 5.74) is 5.84. The van der Waals surface area contributed by atoms with Crippen molar-refractivity contribution in [1.29, 1.82) is 0 Å². The van der Waals surface area contributed by atoms with Crippen molar-refractivity contribution in [2.75, 3.05) is 5.32 Å². The Labute approximate surface area is 148 Å². The van der Waals surface area contributed by atoms with E-state index in [1.54, 1.807) is 4.68 Å². The van der Waals surface area contributed by atoms with Crippen molar-refractivity contribution in [1.82, 2.24) is 20.2 Å². The van der Waals surface area contributed by atoms with E-state index in [0.717, 1.165) is 21.3 Å². The van der Waals surface area contributed by atoms with E-state index in [0.29, 0.717) is 5.95 Å². The smallest absolute Gasteiger partial charge is 0.248 e. The number of hydrogen-bond acceptors (Lipinski definition) is 4. The second kappa shape index (κ2) is 5.87. The van der Waals surface area contributed by atoms with Gasteiger partial charge in [0.25, 0.3) is 0 Å². The van der Waals surface area contributed by atoms with Crippen molar-refractivity contribution < 1.29 is 0 Å². The van der Waals surface area contributed by atoms with Gasteiger partial charge in [-0.2, -0.15) is 4.68 Å². The maximum absolute atomic E-state index is 4.13. The van der Waals surface area contributed by atoms with Gasteiger partial charge in [0.05, 0.1) is 0 Å². The summed E-state index contributed by atoms with van der Waals surface area (Å²) in [6.07, 6.45) is 2.16. The number of fused-ring (bicyclic) bond motifs is 1. The maximum atomic E-state index is 4.13. The molecular weight excluding hydrogens is 366 g/mol. The molecule has 24 heavy (non-hydrogen) atoms. The van der Waals surface area contributed by atoms with Crippen LogP contribution in [0.15, 0.2) is 53.0 Å². The van der Waals surface area contributed by atoms with Gasteiger partial charge in [-0.15, -0.1) is 0 Å². The molecule has 5 nitrogen and oxygen atoms in total. The van der Waals surface area contributed by atoms with Gasteiger partial charge in [0.2, 0.25) is 5.95 Å². The van der Waals surface area contributed by atoms with Crippen LogP contribution in [0, 0.1) is 13.8 Å². The summed E-state index contributed by atoms with van der Waals surface area (Å²) in [5.74, 6) is 0.652. The molecule has 4 rings (SSSR count). The highest BCUT2D eigenvalue weighted by Crippen LogP contribution is 2.32. The molecule has 1 aliphatic heterocycles. The Bertz CT molecular complexity index is 927. The quantitative estimate of drug-likeness (QED) is 0.725. The standard InChI is InChI=1S/C18H16BrN5/c1-11-3-4-14(9-12(11)2)16-10-17(13-5-7-15(19)8-6-13)24-18(20-16)21-22-23-24/h3-10,17H,1-2H3,(H,20,21,23). The summed E-state index contributed by atoms with van der Waals surface area (Å²) in [6, 6.07) is 14.6. The van der Waals surface area contributed by atoms with E-state index in [4.69, 9.17) is 0 Å². The molecule has 0 bridgehead atoms. The molecule has 0 aliphatic carbocycles. The summed E-state index contributed by atoms with van der Waals surface area (Å²) >= 11 is 3.48. The zero-order chi connectivity index (χ0) is 16.7. The Balaban J connectivity index is 1.81. The van der Waals surface area contributed by atoms with E-state index in [1.165, 1.54) is 11.1 Å². The summed E-state index contributed by atoms with van der Waals surface area (Å²) in [6.45, 7) is 4.24. The Morgan fingerprint density at radius 1 is 1.04 bits per heavy atom. The van der Waals surface area contributed by atoms with Crippen molar-refractivity contribution in [2.45, 2.75) is 19.9 Å². The lowest BCUT2D eigenvalue weighted by molar-refractivity contribution is 0.586. The van der Waals surface area contributed by atoms with E-state index >= 15 is 0 Å². The molecular formula is C18H16BrN5. The second-order valence-corrected chi connectivity index (χ2v) is 6.86. The van der Waals surface area contributed by atoms with Crippen LogP contribution in [0.5, 0.6) is 0 Å². The monoisotopic (exact) mass is 381 g/mol. The fraction of sp³-hybridized carbons (Fsp3) is 0.167. The van der Waals surface area contributed by atoms with Gasteiger partial charge in [-0.05, 0) is 70.8 Å². The number of aromatic nitrogens is 4. The summed E-state index contributed by atoms with van der Waals surface area (Å²) in [4.78, 5) is 0. The van der Waals surface area contributed by atoms with Gasteiger partial charge >= 0.3 is 0 Å². The minimum absolute atomic E-state index is 0.0408. The van der Waals surface area contributed by atoms with Crippen LogP contribution in [0.25, 0.3) is 5.70 Å². The van der Waals surface area contributed by atoms with Crippen LogP contribution in [0.2, 0.25) is 0 Å². The number of nitrogens with zero attached hydrogens (tertiary/aromatic N) is 4. The highest BCUT2D eigenvalue weighted by Gasteiger charge is 2.24. The molecule has 1 unspecified atom stereocenters. The number of anilines is 1. The molecule has 1 aromatic heterocycles. The third kappa shape index (κ3) is 2.63. The zero-order valence-corrected chi connectivity index (χ0v) is 14.9. The number of allylic oxidation sites excluding steroid dienone is 1. The third-order valence-electron chi connectivity index (χ3n) is 4.36. The van der Waals surface area contributed by atoms with Gasteiger partial charge in [-0.3, -0.25) is 0 Å². The lowest BCUT2D eigenvalue weighted by atomic mass is 9.99. The second-order valence-electron chi connectivity index (χ2n) is 5.95. The molecule has 120 valence electrons. The van der Waals surface area contributed by atoms with Crippen molar-refractivity contribution >= 4 is 27.6 Å². The first-order valence-corrected chi connectivity index (χ1v) is 8.51. The number of tetrazole rings is 1. The van der Waals surface area contributed by atoms with Crippen molar-refractivity contribution in [3.63, 3.8) is 0 Å². The van der Waals surface area contributed by atoms with E-state index < -0.39 is 0 Å². The van der Waals surface area contributed by atoms with E-state index in [1.807, 2.05) is 12.1 Å². The number of hydrogen-bond donors (Lipinski definition) is 1. The molecule has 0 amide bonds. The van der Waals surface area contributed by atoms with Crippen LogP contribution >= 0.6 is 15.9 Å².